The molecule has 8 nitrogen and oxygen atoms in total. The highest BCUT2D eigenvalue weighted by atomic mass is 32.2. The molecule has 4 heterocycles. The smallest absolute Gasteiger partial charge is 0.289 e. The minimum atomic E-state index is -0.179. The second kappa shape index (κ2) is 7.10. The van der Waals surface area contributed by atoms with Crippen LogP contribution in [0.4, 0.5) is 22.0 Å². The highest BCUT2D eigenvalue weighted by Crippen LogP contribution is 2.36. The number of pyridine rings is 1. The Morgan fingerprint density at radius 1 is 1.07 bits per heavy atom. The molecular formula is C21H19N7OS. The highest BCUT2D eigenvalue weighted by molar-refractivity contribution is 7.98. The van der Waals surface area contributed by atoms with Crippen molar-refractivity contribution >= 4 is 45.9 Å². The van der Waals surface area contributed by atoms with Crippen molar-refractivity contribution in [3.8, 4) is 0 Å². The van der Waals surface area contributed by atoms with E-state index in [4.69, 9.17) is 0 Å². The van der Waals surface area contributed by atoms with E-state index in [1.54, 1.807) is 26.9 Å². The van der Waals surface area contributed by atoms with Crippen LogP contribution in [0.2, 0.25) is 0 Å². The van der Waals surface area contributed by atoms with E-state index >= 15 is 0 Å². The molecule has 0 radical (unpaired) electrons. The molecule has 5 rings (SSSR count). The van der Waals surface area contributed by atoms with Gasteiger partial charge in [-0.2, -0.15) is 5.10 Å². The summed E-state index contributed by atoms with van der Waals surface area (Å²) in [6, 6.07) is 9.42. The van der Waals surface area contributed by atoms with Gasteiger partial charge in [0.2, 0.25) is 0 Å². The lowest BCUT2D eigenvalue weighted by Crippen LogP contribution is -2.45. The number of carbonyl (C=O) groups is 1. The number of aromatic nitrogens is 5. The molecule has 0 N–H and O–H groups in total. The standard InChI is InChI=1S/C21H19N7OS/c1-13-4-5-17(10-22-13)28-19-15(9-23-20(24-19)30-3)12-27(21(28)29)16-6-7-18-14(8-16)11-26(2)25-18/h4-11H,12H2,1-3H3. The third-order valence-corrected chi connectivity index (χ3v) is 5.59. The van der Waals surface area contributed by atoms with Crippen LogP contribution in [-0.2, 0) is 13.6 Å². The Labute approximate surface area is 177 Å². The summed E-state index contributed by atoms with van der Waals surface area (Å²) in [5, 5.41) is 6.02. The van der Waals surface area contributed by atoms with Gasteiger partial charge in [-0.25, -0.2) is 19.7 Å². The zero-order valence-electron chi connectivity index (χ0n) is 16.8. The molecule has 0 aliphatic carbocycles. The molecule has 30 heavy (non-hydrogen) atoms. The summed E-state index contributed by atoms with van der Waals surface area (Å²) >= 11 is 1.44. The van der Waals surface area contributed by atoms with Crippen molar-refractivity contribution in [1.82, 2.24) is 24.7 Å². The largest absolute Gasteiger partial charge is 0.335 e. The van der Waals surface area contributed by atoms with Gasteiger partial charge < -0.3 is 0 Å². The molecule has 1 aliphatic heterocycles. The molecule has 150 valence electrons. The van der Waals surface area contributed by atoms with E-state index in [-0.39, 0.29) is 6.03 Å². The lowest BCUT2D eigenvalue weighted by atomic mass is 10.1. The summed E-state index contributed by atoms with van der Waals surface area (Å²) in [6.45, 7) is 2.31. The molecule has 9 heteroatoms. The van der Waals surface area contributed by atoms with E-state index in [1.165, 1.54) is 11.8 Å². The predicted octanol–water partition coefficient (Wildman–Crippen LogP) is 4.07. The first kappa shape index (κ1) is 18.6. The number of amides is 2. The van der Waals surface area contributed by atoms with Gasteiger partial charge in [-0.3, -0.25) is 14.6 Å². The van der Waals surface area contributed by atoms with Crippen molar-refractivity contribution in [3.05, 3.63) is 60.2 Å². The third-order valence-electron chi connectivity index (χ3n) is 5.03. The van der Waals surface area contributed by atoms with Crippen LogP contribution in [0, 0.1) is 6.92 Å². The van der Waals surface area contributed by atoms with Crippen LogP contribution < -0.4 is 9.80 Å². The molecule has 0 atom stereocenters. The molecule has 0 saturated carbocycles. The topological polar surface area (TPSA) is 80.0 Å². The number of fused-ring (bicyclic) bond motifs is 2. The minimum Gasteiger partial charge on any atom is -0.289 e. The molecule has 0 saturated heterocycles. The number of hydrogen-bond acceptors (Lipinski definition) is 6. The van der Waals surface area contributed by atoms with E-state index in [9.17, 15) is 4.79 Å². The van der Waals surface area contributed by atoms with Crippen LogP contribution in [-0.4, -0.2) is 37.0 Å². The minimum absolute atomic E-state index is 0.179. The maximum atomic E-state index is 13.7. The molecule has 4 aromatic rings. The summed E-state index contributed by atoms with van der Waals surface area (Å²) in [4.78, 5) is 30.4. The summed E-state index contributed by atoms with van der Waals surface area (Å²) in [7, 11) is 1.88. The van der Waals surface area contributed by atoms with Crippen LogP contribution in [0.3, 0.4) is 0 Å². The van der Waals surface area contributed by atoms with Gasteiger partial charge in [0.1, 0.15) is 0 Å². The number of thioether (sulfide) groups is 1. The van der Waals surface area contributed by atoms with Gasteiger partial charge in [0, 0.05) is 41.8 Å². The lowest BCUT2D eigenvalue weighted by molar-refractivity contribution is 0.252. The Balaban J connectivity index is 1.64. The average molecular weight is 417 g/mol. The maximum absolute atomic E-state index is 13.7. The SMILES string of the molecule is CSc1ncc2c(n1)N(c1ccc(C)nc1)C(=O)N(c1ccc3nn(C)cc3c1)C2. The molecule has 1 aromatic carbocycles. The second-order valence-corrected chi connectivity index (χ2v) is 7.89. The number of benzene rings is 1. The fourth-order valence-corrected chi connectivity index (χ4v) is 3.90. The van der Waals surface area contributed by atoms with E-state index < -0.39 is 0 Å². The van der Waals surface area contributed by atoms with Crippen molar-refractivity contribution in [2.24, 2.45) is 7.05 Å². The summed E-state index contributed by atoms with van der Waals surface area (Å²) < 4.78 is 1.77. The number of hydrogen-bond donors (Lipinski definition) is 0. The highest BCUT2D eigenvalue weighted by Gasteiger charge is 2.34. The normalized spacial score (nSPS) is 13.8. The monoisotopic (exact) mass is 417 g/mol. The maximum Gasteiger partial charge on any atom is 0.335 e. The molecule has 0 fully saturated rings. The number of urea groups is 1. The van der Waals surface area contributed by atoms with E-state index in [0.29, 0.717) is 23.2 Å². The number of carbonyl (C=O) groups excluding carboxylic acids is 1. The number of anilines is 3. The fourth-order valence-electron chi connectivity index (χ4n) is 3.57. The quantitative estimate of drug-likeness (QED) is 0.369. The number of nitrogens with zero attached hydrogens (tertiary/aromatic N) is 7. The van der Waals surface area contributed by atoms with Gasteiger partial charge in [-0.05, 0) is 43.5 Å². The summed E-state index contributed by atoms with van der Waals surface area (Å²) in [5.41, 5.74) is 4.11. The Kier molecular flexibility index (Phi) is 4.39. The Bertz CT molecular complexity index is 1270. The summed E-state index contributed by atoms with van der Waals surface area (Å²) in [5.74, 6) is 0.601. The van der Waals surface area contributed by atoms with Crippen LogP contribution in [0.5, 0.6) is 0 Å². The molecule has 0 unspecified atom stereocenters. The van der Waals surface area contributed by atoms with Gasteiger partial charge in [0.15, 0.2) is 11.0 Å². The third kappa shape index (κ3) is 3.07. The Morgan fingerprint density at radius 2 is 1.90 bits per heavy atom. The van der Waals surface area contributed by atoms with Crippen molar-refractivity contribution in [1.29, 1.82) is 0 Å². The van der Waals surface area contributed by atoms with Crippen molar-refractivity contribution < 1.29 is 4.79 Å². The van der Waals surface area contributed by atoms with E-state index in [1.807, 2.05) is 56.8 Å². The lowest BCUT2D eigenvalue weighted by Gasteiger charge is -2.36. The molecule has 0 spiro atoms. The van der Waals surface area contributed by atoms with Crippen LogP contribution in [0.25, 0.3) is 10.9 Å². The first-order valence-corrected chi connectivity index (χ1v) is 10.6. The van der Waals surface area contributed by atoms with Gasteiger partial charge in [-0.15, -0.1) is 0 Å². The molecule has 2 amide bonds. The fraction of sp³-hybridized carbons (Fsp3) is 0.190. The van der Waals surface area contributed by atoms with Gasteiger partial charge in [0.05, 0.1) is 23.9 Å². The predicted molar refractivity (Wildman–Crippen MR) is 117 cm³/mol. The molecule has 0 bridgehead atoms. The first-order chi connectivity index (χ1) is 14.5. The zero-order valence-corrected chi connectivity index (χ0v) is 17.6. The second-order valence-electron chi connectivity index (χ2n) is 7.11. The summed E-state index contributed by atoms with van der Waals surface area (Å²) in [6.07, 6.45) is 7.35. The Morgan fingerprint density at radius 3 is 2.67 bits per heavy atom. The van der Waals surface area contributed by atoms with Crippen molar-refractivity contribution in [3.63, 3.8) is 0 Å². The Hall–Kier alpha value is -3.46. The van der Waals surface area contributed by atoms with Crippen LogP contribution in [0.15, 0.2) is 54.1 Å². The van der Waals surface area contributed by atoms with Gasteiger partial charge in [0.25, 0.3) is 0 Å². The molecule has 3 aromatic heterocycles. The van der Waals surface area contributed by atoms with Crippen LogP contribution >= 0.6 is 11.8 Å². The molecular weight excluding hydrogens is 398 g/mol. The number of rotatable bonds is 3. The zero-order chi connectivity index (χ0) is 20.8. The van der Waals surface area contributed by atoms with Crippen molar-refractivity contribution in [2.75, 3.05) is 16.1 Å². The van der Waals surface area contributed by atoms with E-state index in [0.717, 1.165) is 27.8 Å². The number of aryl methyl sites for hydroxylation is 2. The first-order valence-electron chi connectivity index (χ1n) is 9.41. The van der Waals surface area contributed by atoms with Gasteiger partial charge >= 0.3 is 6.03 Å². The van der Waals surface area contributed by atoms with E-state index in [2.05, 4.69) is 20.1 Å². The average Bonchev–Trinajstić information content (AvgIpc) is 3.13. The van der Waals surface area contributed by atoms with Gasteiger partial charge in [-0.1, -0.05) is 11.8 Å². The van der Waals surface area contributed by atoms with Crippen molar-refractivity contribution in [2.45, 2.75) is 18.6 Å². The van der Waals surface area contributed by atoms with Crippen LogP contribution in [0.1, 0.15) is 11.3 Å². The molecule has 1 aliphatic rings.